The van der Waals surface area contributed by atoms with Crippen LogP contribution in [-0.2, 0) is 0 Å². The lowest BCUT2D eigenvalue weighted by atomic mass is 10.0. The Labute approximate surface area is 105 Å². The molecule has 0 spiro atoms. The van der Waals surface area contributed by atoms with Crippen LogP contribution in [0.2, 0.25) is 0 Å². The molecule has 1 unspecified atom stereocenters. The van der Waals surface area contributed by atoms with Crippen LogP contribution >= 0.6 is 0 Å². The summed E-state index contributed by atoms with van der Waals surface area (Å²) in [4.78, 5) is 8.00. The van der Waals surface area contributed by atoms with Crippen molar-refractivity contribution in [1.29, 1.82) is 0 Å². The van der Waals surface area contributed by atoms with Crippen molar-refractivity contribution in [1.82, 2.24) is 15.3 Å². The monoisotopic (exact) mass is 247 g/mol. The molecule has 0 aliphatic carbocycles. The molecule has 1 atom stereocenters. The second-order valence-electron chi connectivity index (χ2n) is 3.76. The zero-order chi connectivity index (χ0) is 13.0. The lowest BCUT2D eigenvalue weighted by Crippen LogP contribution is -2.19. The normalized spacial score (nSPS) is 12.2. The maximum atomic E-state index is 13.2. The molecule has 0 aliphatic heterocycles. The number of hydrogen-bond donors (Lipinski definition) is 1. The fourth-order valence-electron chi connectivity index (χ4n) is 1.88. The van der Waals surface area contributed by atoms with E-state index in [0.29, 0.717) is 5.88 Å². The summed E-state index contributed by atoms with van der Waals surface area (Å²) < 4.78 is 18.4. The van der Waals surface area contributed by atoms with Crippen LogP contribution in [0.25, 0.3) is 0 Å². The molecule has 2 aromatic heterocycles. The minimum atomic E-state index is -0.365. The van der Waals surface area contributed by atoms with Crippen molar-refractivity contribution in [3.63, 3.8) is 0 Å². The van der Waals surface area contributed by atoms with E-state index in [9.17, 15) is 4.39 Å². The van der Waals surface area contributed by atoms with Crippen molar-refractivity contribution in [3.8, 4) is 5.88 Å². The standard InChI is InChI=1S/C13H14FN3O/c1-15-12(9-6-10(14)8-16-7-9)11-4-3-5-17-13(11)18-2/h3-8,12,15H,1-2H3. The Balaban J connectivity index is 2.45. The van der Waals surface area contributed by atoms with E-state index in [1.165, 1.54) is 12.3 Å². The second kappa shape index (κ2) is 5.55. The maximum absolute atomic E-state index is 13.2. The summed E-state index contributed by atoms with van der Waals surface area (Å²) in [7, 11) is 3.35. The quantitative estimate of drug-likeness (QED) is 0.896. The number of nitrogens with zero attached hydrogens (tertiary/aromatic N) is 2. The summed E-state index contributed by atoms with van der Waals surface area (Å²) in [5.74, 6) is 0.150. The number of methoxy groups -OCH3 is 1. The first-order chi connectivity index (χ1) is 8.76. The molecule has 18 heavy (non-hydrogen) atoms. The van der Waals surface area contributed by atoms with Gasteiger partial charge in [0.05, 0.1) is 19.3 Å². The van der Waals surface area contributed by atoms with Gasteiger partial charge in [-0.1, -0.05) is 6.07 Å². The Kier molecular flexibility index (Phi) is 3.84. The largest absolute Gasteiger partial charge is 0.481 e. The number of ether oxygens (including phenoxy) is 1. The minimum absolute atomic E-state index is 0.211. The summed E-state index contributed by atoms with van der Waals surface area (Å²) in [5, 5.41) is 3.11. The summed E-state index contributed by atoms with van der Waals surface area (Å²) in [6, 6.07) is 4.94. The molecular weight excluding hydrogens is 233 g/mol. The van der Waals surface area contributed by atoms with Crippen molar-refractivity contribution in [3.05, 3.63) is 53.7 Å². The fourth-order valence-corrected chi connectivity index (χ4v) is 1.88. The lowest BCUT2D eigenvalue weighted by Gasteiger charge is -2.18. The second-order valence-corrected chi connectivity index (χ2v) is 3.76. The molecule has 0 amide bonds. The van der Waals surface area contributed by atoms with Crippen LogP contribution in [-0.4, -0.2) is 24.1 Å². The van der Waals surface area contributed by atoms with E-state index in [4.69, 9.17) is 4.74 Å². The number of aromatic nitrogens is 2. The molecule has 0 saturated carbocycles. The topological polar surface area (TPSA) is 47.0 Å². The van der Waals surface area contributed by atoms with Gasteiger partial charge in [-0.2, -0.15) is 0 Å². The van der Waals surface area contributed by atoms with Gasteiger partial charge >= 0.3 is 0 Å². The summed E-state index contributed by atoms with van der Waals surface area (Å²) >= 11 is 0. The van der Waals surface area contributed by atoms with Crippen molar-refractivity contribution in [2.75, 3.05) is 14.2 Å². The SMILES string of the molecule is CNC(c1cncc(F)c1)c1cccnc1OC. The zero-order valence-electron chi connectivity index (χ0n) is 10.2. The highest BCUT2D eigenvalue weighted by molar-refractivity contribution is 5.36. The molecule has 0 radical (unpaired) electrons. The summed E-state index contributed by atoms with van der Waals surface area (Å²) in [5.41, 5.74) is 1.57. The van der Waals surface area contributed by atoms with Crippen LogP contribution < -0.4 is 10.1 Å². The zero-order valence-corrected chi connectivity index (χ0v) is 10.2. The van der Waals surface area contributed by atoms with Crippen molar-refractivity contribution in [2.45, 2.75) is 6.04 Å². The third-order valence-electron chi connectivity index (χ3n) is 2.65. The predicted molar refractivity (Wildman–Crippen MR) is 65.9 cm³/mol. The van der Waals surface area contributed by atoms with Gasteiger partial charge in [-0.05, 0) is 24.7 Å². The van der Waals surface area contributed by atoms with Gasteiger partial charge in [0.15, 0.2) is 0 Å². The molecule has 94 valence electrons. The van der Waals surface area contributed by atoms with Gasteiger partial charge in [0.2, 0.25) is 5.88 Å². The number of halogens is 1. The molecule has 0 aromatic carbocycles. The van der Waals surface area contributed by atoms with Gasteiger partial charge in [0.1, 0.15) is 5.82 Å². The van der Waals surface area contributed by atoms with Crippen LogP contribution in [0.4, 0.5) is 4.39 Å². The minimum Gasteiger partial charge on any atom is -0.481 e. The van der Waals surface area contributed by atoms with Crippen molar-refractivity contribution >= 4 is 0 Å². The van der Waals surface area contributed by atoms with Crippen molar-refractivity contribution < 1.29 is 9.13 Å². The van der Waals surface area contributed by atoms with Crippen LogP contribution in [0.5, 0.6) is 5.88 Å². The molecule has 1 N–H and O–H groups in total. The highest BCUT2D eigenvalue weighted by Gasteiger charge is 2.17. The number of hydrogen-bond acceptors (Lipinski definition) is 4. The van der Waals surface area contributed by atoms with Gasteiger partial charge < -0.3 is 10.1 Å². The van der Waals surface area contributed by atoms with E-state index >= 15 is 0 Å². The molecule has 5 heteroatoms. The Hall–Kier alpha value is -2.01. The fraction of sp³-hybridized carbons (Fsp3) is 0.231. The van der Waals surface area contributed by atoms with E-state index in [1.54, 1.807) is 26.6 Å². The lowest BCUT2D eigenvalue weighted by molar-refractivity contribution is 0.388. The Morgan fingerprint density at radius 1 is 1.39 bits per heavy atom. The van der Waals surface area contributed by atoms with E-state index in [1.807, 2.05) is 12.1 Å². The molecule has 4 nitrogen and oxygen atoms in total. The average molecular weight is 247 g/mol. The van der Waals surface area contributed by atoms with E-state index < -0.39 is 0 Å². The first-order valence-corrected chi connectivity index (χ1v) is 5.53. The van der Waals surface area contributed by atoms with Crippen LogP contribution in [0.3, 0.4) is 0 Å². The molecule has 0 saturated heterocycles. The Bertz CT molecular complexity index is 533. The maximum Gasteiger partial charge on any atom is 0.218 e. The molecule has 2 rings (SSSR count). The van der Waals surface area contributed by atoms with Gasteiger partial charge in [0.25, 0.3) is 0 Å². The average Bonchev–Trinajstić information content (AvgIpc) is 2.40. The summed E-state index contributed by atoms with van der Waals surface area (Å²) in [6.07, 6.45) is 4.45. The molecular formula is C13H14FN3O. The van der Waals surface area contributed by atoms with Gasteiger partial charge in [-0.25, -0.2) is 9.37 Å². The van der Waals surface area contributed by atoms with Crippen LogP contribution in [0.1, 0.15) is 17.2 Å². The van der Waals surface area contributed by atoms with E-state index in [2.05, 4.69) is 15.3 Å². The smallest absolute Gasteiger partial charge is 0.218 e. The predicted octanol–water partition coefficient (Wildman–Crippen LogP) is 1.93. The van der Waals surface area contributed by atoms with Crippen LogP contribution in [0, 0.1) is 5.82 Å². The van der Waals surface area contributed by atoms with Gasteiger partial charge in [0, 0.05) is 18.0 Å². The first-order valence-electron chi connectivity index (χ1n) is 5.53. The van der Waals surface area contributed by atoms with Crippen LogP contribution in [0.15, 0.2) is 36.8 Å². The third kappa shape index (κ3) is 2.46. The Morgan fingerprint density at radius 3 is 2.89 bits per heavy atom. The van der Waals surface area contributed by atoms with E-state index in [-0.39, 0.29) is 11.9 Å². The molecule has 0 bridgehead atoms. The molecule has 0 fully saturated rings. The molecule has 2 heterocycles. The number of nitrogens with one attached hydrogen (secondary N) is 1. The highest BCUT2D eigenvalue weighted by Crippen LogP contribution is 2.27. The summed E-state index contributed by atoms with van der Waals surface area (Å²) in [6.45, 7) is 0. The van der Waals surface area contributed by atoms with Crippen molar-refractivity contribution in [2.24, 2.45) is 0 Å². The van der Waals surface area contributed by atoms with Gasteiger partial charge in [-0.3, -0.25) is 4.98 Å². The number of rotatable bonds is 4. The molecule has 2 aromatic rings. The van der Waals surface area contributed by atoms with E-state index in [0.717, 1.165) is 11.1 Å². The third-order valence-corrected chi connectivity index (χ3v) is 2.65. The first kappa shape index (κ1) is 12.4. The van der Waals surface area contributed by atoms with Gasteiger partial charge in [-0.15, -0.1) is 0 Å². The number of pyridine rings is 2. The highest BCUT2D eigenvalue weighted by atomic mass is 19.1. The molecule has 0 aliphatic rings. The Morgan fingerprint density at radius 2 is 2.22 bits per heavy atom.